The van der Waals surface area contributed by atoms with Gasteiger partial charge in [-0.05, 0) is 43.7 Å². The van der Waals surface area contributed by atoms with Crippen LogP contribution in [0.1, 0.15) is 18.9 Å². The van der Waals surface area contributed by atoms with Crippen LogP contribution in [0.25, 0.3) is 5.57 Å². The molecule has 4 heteroatoms. The lowest BCUT2D eigenvalue weighted by molar-refractivity contribution is 0.199. The normalized spacial score (nSPS) is 11.7. The molecule has 1 rings (SSSR count). The zero-order valence-corrected chi connectivity index (χ0v) is 12.6. The minimum absolute atomic E-state index is 0.724. The van der Waals surface area contributed by atoms with Gasteiger partial charge < -0.3 is 14.8 Å². The lowest BCUT2D eigenvalue weighted by Crippen LogP contribution is -2.19. The maximum absolute atomic E-state index is 6.03. The highest BCUT2D eigenvalue weighted by Crippen LogP contribution is 2.28. The van der Waals surface area contributed by atoms with Crippen molar-refractivity contribution in [2.75, 3.05) is 33.9 Å². The number of allylic oxidation sites excluding steroid dienone is 1. The summed E-state index contributed by atoms with van der Waals surface area (Å²) in [6, 6.07) is 5.67. The maximum atomic E-state index is 6.03. The fourth-order valence-corrected chi connectivity index (χ4v) is 1.96. The Balaban J connectivity index is 2.56. The van der Waals surface area contributed by atoms with Gasteiger partial charge >= 0.3 is 0 Å². The Hall–Kier alpha value is -1.03. The second-order valence-electron chi connectivity index (χ2n) is 4.26. The molecule has 0 amide bonds. The molecule has 0 aliphatic heterocycles. The largest absolute Gasteiger partial charge is 0.496 e. The van der Waals surface area contributed by atoms with E-state index in [1.807, 2.05) is 18.2 Å². The minimum Gasteiger partial charge on any atom is -0.496 e. The highest BCUT2D eigenvalue weighted by Gasteiger charge is 2.05. The highest BCUT2D eigenvalue weighted by molar-refractivity contribution is 6.30. The van der Waals surface area contributed by atoms with E-state index in [4.69, 9.17) is 21.1 Å². The van der Waals surface area contributed by atoms with Crippen molar-refractivity contribution in [1.82, 2.24) is 5.32 Å². The molecular weight excluding hydrogens is 262 g/mol. The molecule has 1 N–H and O–H groups in total. The fraction of sp³-hybridized carbons (Fsp3) is 0.467. The number of hydrogen-bond donors (Lipinski definition) is 1. The molecule has 1 aromatic rings. The van der Waals surface area contributed by atoms with Crippen LogP contribution in [0.2, 0.25) is 5.02 Å². The van der Waals surface area contributed by atoms with Gasteiger partial charge in [0, 0.05) is 24.2 Å². The summed E-state index contributed by atoms with van der Waals surface area (Å²) in [5, 5.41) is 4.03. The monoisotopic (exact) mass is 283 g/mol. The molecule has 0 saturated heterocycles. The molecule has 0 fully saturated rings. The Morgan fingerprint density at radius 2 is 2.11 bits per heavy atom. The molecule has 0 aromatic heterocycles. The fourth-order valence-electron chi connectivity index (χ4n) is 1.79. The van der Waals surface area contributed by atoms with Crippen LogP contribution in [-0.4, -0.2) is 33.9 Å². The van der Waals surface area contributed by atoms with E-state index in [0.717, 1.165) is 42.5 Å². The molecule has 0 spiro atoms. The average molecular weight is 284 g/mol. The van der Waals surface area contributed by atoms with Gasteiger partial charge in [0.05, 0.1) is 13.7 Å². The van der Waals surface area contributed by atoms with Gasteiger partial charge in [-0.15, -0.1) is 0 Å². The highest BCUT2D eigenvalue weighted by atomic mass is 35.5. The summed E-state index contributed by atoms with van der Waals surface area (Å²) in [6.07, 6.45) is 3.15. The third-order valence-corrected chi connectivity index (χ3v) is 3.08. The number of ether oxygens (including phenoxy) is 2. The zero-order chi connectivity index (χ0) is 14.1. The molecule has 0 atom stereocenters. The predicted molar refractivity (Wildman–Crippen MR) is 81.0 cm³/mol. The molecule has 19 heavy (non-hydrogen) atoms. The van der Waals surface area contributed by atoms with Crippen LogP contribution in [0, 0.1) is 0 Å². The molecule has 106 valence electrons. The van der Waals surface area contributed by atoms with E-state index in [0.29, 0.717) is 0 Å². The molecule has 0 bridgehead atoms. The molecule has 1 aromatic carbocycles. The SMILES string of the molecule is COCCNCCC=C(C)c1cc(Cl)ccc1OC. The van der Waals surface area contributed by atoms with Crippen molar-refractivity contribution >= 4 is 17.2 Å². The van der Waals surface area contributed by atoms with Gasteiger partial charge in [0.1, 0.15) is 5.75 Å². The molecule has 0 saturated carbocycles. The summed E-state index contributed by atoms with van der Waals surface area (Å²) in [5.74, 6) is 0.852. The van der Waals surface area contributed by atoms with Crippen molar-refractivity contribution in [2.24, 2.45) is 0 Å². The van der Waals surface area contributed by atoms with Gasteiger partial charge in [0.15, 0.2) is 0 Å². The van der Waals surface area contributed by atoms with Crippen LogP contribution in [0.4, 0.5) is 0 Å². The Morgan fingerprint density at radius 3 is 2.79 bits per heavy atom. The molecule has 0 aliphatic rings. The number of halogens is 1. The smallest absolute Gasteiger partial charge is 0.126 e. The van der Waals surface area contributed by atoms with Gasteiger partial charge in [-0.1, -0.05) is 17.7 Å². The summed E-state index contributed by atoms with van der Waals surface area (Å²) in [4.78, 5) is 0. The summed E-state index contributed by atoms with van der Waals surface area (Å²) >= 11 is 6.03. The Morgan fingerprint density at radius 1 is 1.32 bits per heavy atom. The maximum Gasteiger partial charge on any atom is 0.126 e. The number of rotatable bonds is 8. The van der Waals surface area contributed by atoms with E-state index in [9.17, 15) is 0 Å². The molecule has 0 aliphatic carbocycles. The van der Waals surface area contributed by atoms with Crippen molar-refractivity contribution in [2.45, 2.75) is 13.3 Å². The summed E-state index contributed by atoms with van der Waals surface area (Å²) in [6.45, 7) is 4.63. The summed E-state index contributed by atoms with van der Waals surface area (Å²) < 4.78 is 10.3. The minimum atomic E-state index is 0.724. The van der Waals surface area contributed by atoms with Gasteiger partial charge in [-0.2, -0.15) is 0 Å². The first-order valence-corrected chi connectivity index (χ1v) is 6.77. The van der Waals surface area contributed by atoms with Crippen LogP contribution >= 0.6 is 11.6 Å². The van der Waals surface area contributed by atoms with E-state index < -0.39 is 0 Å². The lowest BCUT2D eigenvalue weighted by atomic mass is 10.1. The first kappa shape index (κ1) is 16.0. The van der Waals surface area contributed by atoms with Gasteiger partial charge in [0.2, 0.25) is 0 Å². The van der Waals surface area contributed by atoms with Gasteiger partial charge in [0.25, 0.3) is 0 Å². The second-order valence-corrected chi connectivity index (χ2v) is 4.70. The Labute approximate surface area is 120 Å². The lowest BCUT2D eigenvalue weighted by Gasteiger charge is -2.09. The molecular formula is C15H22ClNO2. The number of benzene rings is 1. The zero-order valence-electron chi connectivity index (χ0n) is 11.8. The number of methoxy groups -OCH3 is 2. The van der Waals surface area contributed by atoms with Crippen molar-refractivity contribution in [3.05, 3.63) is 34.9 Å². The van der Waals surface area contributed by atoms with Crippen molar-refractivity contribution in [1.29, 1.82) is 0 Å². The molecule has 0 heterocycles. The topological polar surface area (TPSA) is 30.5 Å². The quantitative estimate of drug-likeness (QED) is 0.742. The van der Waals surface area contributed by atoms with Crippen LogP contribution < -0.4 is 10.1 Å². The van der Waals surface area contributed by atoms with E-state index in [2.05, 4.69) is 18.3 Å². The Kier molecular flexibility index (Phi) is 7.56. The van der Waals surface area contributed by atoms with Crippen LogP contribution in [0.15, 0.2) is 24.3 Å². The van der Waals surface area contributed by atoms with Crippen molar-refractivity contribution in [3.8, 4) is 5.75 Å². The molecule has 3 nitrogen and oxygen atoms in total. The van der Waals surface area contributed by atoms with Crippen molar-refractivity contribution < 1.29 is 9.47 Å². The van der Waals surface area contributed by atoms with E-state index in [-0.39, 0.29) is 0 Å². The first-order chi connectivity index (χ1) is 9.19. The second kappa shape index (κ2) is 8.97. The Bertz CT molecular complexity index is 419. The molecule has 0 radical (unpaired) electrons. The van der Waals surface area contributed by atoms with E-state index in [1.54, 1.807) is 14.2 Å². The number of hydrogen-bond acceptors (Lipinski definition) is 3. The average Bonchev–Trinajstić information content (AvgIpc) is 2.42. The number of nitrogens with one attached hydrogen (secondary N) is 1. The summed E-state index contributed by atoms with van der Waals surface area (Å²) in [5.41, 5.74) is 2.22. The van der Waals surface area contributed by atoms with Crippen LogP contribution in [-0.2, 0) is 4.74 Å². The van der Waals surface area contributed by atoms with E-state index >= 15 is 0 Å². The van der Waals surface area contributed by atoms with Crippen LogP contribution in [0.5, 0.6) is 5.75 Å². The standard InChI is InChI=1S/C15H22ClNO2/c1-12(5-4-8-17-9-10-18-2)14-11-13(16)6-7-15(14)19-3/h5-7,11,17H,4,8-10H2,1-3H3. The van der Waals surface area contributed by atoms with Crippen molar-refractivity contribution in [3.63, 3.8) is 0 Å². The van der Waals surface area contributed by atoms with Gasteiger partial charge in [-0.25, -0.2) is 0 Å². The van der Waals surface area contributed by atoms with Gasteiger partial charge in [-0.3, -0.25) is 0 Å². The first-order valence-electron chi connectivity index (χ1n) is 6.39. The predicted octanol–water partition coefficient (Wildman–Crippen LogP) is 3.38. The van der Waals surface area contributed by atoms with Crippen LogP contribution in [0.3, 0.4) is 0 Å². The third-order valence-electron chi connectivity index (χ3n) is 2.84. The molecule has 0 unspecified atom stereocenters. The summed E-state index contributed by atoms with van der Waals surface area (Å²) in [7, 11) is 3.38. The van der Waals surface area contributed by atoms with E-state index in [1.165, 1.54) is 5.57 Å². The third kappa shape index (κ3) is 5.64.